The van der Waals surface area contributed by atoms with Crippen LogP contribution in [-0.2, 0) is 35.0 Å². The summed E-state index contributed by atoms with van der Waals surface area (Å²) in [5.41, 5.74) is 0.849. The van der Waals surface area contributed by atoms with Crippen LogP contribution in [0.15, 0.2) is 30.4 Å². The highest BCUT2D eigenvalue weighted by Gasteiger charge is 2.37. The maximum Gasteiger partial charge on any atom is 0.509 e. The van der Waals surface area contributed by atoms with E-state index in [-0.39, 0.29) is 19.4 Å². The molecule has 1 aromatic carbocycles. The molecule has 0 saturated carbocycles. The Morgan fingerprint density at radius 3 is 2.29 bits per heavy atom. The van der Waals surface area contributed by atoms with Crippen LogP contribution in [-0.4, -0.2) is 78.6 Å². The molecule has 0 amide bonds. The van der Waals surface area contributed by atoms with Crippen molar-refractivity contribution < 1.29 is 42.9 Å². The average molecular weight is 587 g/mol. The van der Waals surface area contributed by atoms with Gasteiger partial charge in [-0.1, -0.05) is 12.1 Å². The second-order valence-corrected chi connectivity index (χ2v) is 12.0. The normalized spacial score (nSPS) is 15.8. The van der Waals surface area contributed by atoms with E-state index in [1.165, 1.54) is 7.11 Å². The molecule has 11 heteroatoms. The topological polar surface area (TPSA) is 123 Å². The van der Waals surface area contributed by atoms with Gasteiger partial charge in [-0.15, -0.1) is 0 Å². The fraction of sp³-hybridized carbons (Fsp3) is 0.548. The zero-order valence-corrected chi connectivity index (χ0v) is 25.8. The summed E-state index contributed by atoms with van der Waals surface area (Å²) in [6.45, 7) is 11.7. The van der Waals surface area contributed by atoms with E-state index >= 15 is 0 Å². The third kappa shape index (κ3) is 8.12. The van der Waals surface area contributed by atoms with Crippen molar-refractivity contribution >= 4 is 34.9 Å². The van der Waals surface area contributed by atoms with Crippen molar-refractivity contribution in [2.45, 2.75) is 78.0 Å². The van der Waals surface area contributed by atoms with Gasteiger partial charge in [0.05, 0.1) is 31.5 Å². The molecule has 0 aliphatic carbocycles. The van der Waals surface area contributed by atoms with E-state index in [1.807, 2.05) is 24.3 Å². The Labute approximate surface area is 246 Å². The number of methoxy groups -OCH3 is 2. The van der Waals surface area contributed by atoms with Crippen LogP contribution in [0.25, 0.3) is 10.9 Å². The van der Waals surface area contributed by atoms with Crippen molar-refractivity contribution in [2.75, 3.05) is 33.9 Å². The number of hydrogen-bond donors (Lipinski definition) is 0. The van der Waals surface area contributed by atoms with E-state index in [0.717, 1.165) is 10.9 Å². The van der Waals surface area contributed by atoms with Gasteiger partial charge in [0.25, 0.3) is 0 Å². The molecule has 1 aromatic heterocycles. The zero-order chi connectivity index (χ0) is 31.2. The van der Waals surface area contributed by atoms with Gasteiger partial charge in [0.2, 0.25) is 5.78 Å². The molecule has 42 heavy (non-hydrogen) atoms. The van der Waals surface area contributed by atoms with E-state index in [4.69, 9.17) is 18.9 Å². The SMILES string of the molecule is COC(=O)C(=O)CC[C@H]1c2c(c3c(OC)cccc3n2C(=O)OC(C)(C)C)CCN1C/C=C/COC(=O)OC(C)(C)C. The number of fused-ring (bicyclic) bond motifs is 3. The van der Waals surface area contributed by atoms with Crippen LogP contribution in [0.4, 0.5) is 9.59 Å². The highest BCUT2D eigenvalue weighted by molar-refractivity contribution is 6.33. The number of aromatic nitrogens is 1. The maximum atomic E-state index is 13.7. The number of ketones is 1. The number of Topliss-reactive ketones (excluding diaryl/α,β-unsaturated/α-hetero) is 1. The van der Waals surface area contributed by atoms with Gasteiger partial charge in [-0.05, 0) is 78.2 Å². The fourth-order valence-electron chi connectivity index (χ4n) is 4.96. The zero-order valence-electron chi connectivity index (χ0n) is 25.8. The lowest BCUT2D eigenvalue weighted by Crippen LogP contribution is -2.39. The monoisotopic (exact) mass is 586 g/mol. The van der Waals surface area contributed by atoms with Gasteiger partial charge in [0.15, 0.2) is 0 Å². The van der Waals surface area contributed by atoms with Crippen LogP contribution in [0.3, 0.4) is 0 Å². The van der Waals surface area contributed by atoms with E-state index in [9.17, 15) is 19.2 Å². The molecule has 0 N–H and O–H groups in total. The predicted octanol–water partition coefficient (Wildman–Crippen LogP) is 5.36. The van der Waals surface area contributed by atoms with Crippen molar-refractivity contribution in [3.8, 4) is 5.75 Å². The number of carbonyl (C=O) groups is 4. The standard InChI is InChI=1S/C31H42N2O9/c1-30(2,3)41-28(36)33-21-12-11-13-24(38-7)25(21)20-16-18-32(17-9-10-19-40-29(37)42-31(4,5)6)22(26(20)33)14-15-23(34)27(35)39-8/h9-13,22H,14-19H2,1-8H3/b10-9+/t22-/m0/s1. The molecule has 230 valence electrons. The van der Waals surface area contributed by atoms with Gasteiger partial charge in [0.1, 0.15) is 23.6 Å². The van der Waals surface area contributed by atoms with Crippen LogP contribution in [0.5, 0.6) is 5.75 Å². The number of benzene rings is 1. The van der Waals surface area contributed by atoms with Gasteiger partial charge >= 0.3 is 18.2 Å². The summed E-state index contributed by atoms with van der Waals surface area (Å²) >= 11 is 0. The molecule has 0 radical (unpaired) electrons. The first-order valence-electron chi connectivity index (χ1n) is 14.0. The third-order valence-electron chi connectivity index (χ3n) is 6.55. The summed E-state index contributed by atoms with van der Waals surface area (Å²) in [6.07, 6.45) is 3.04. The molecule has 2 heterocycles. The molecular weight excluding hydrogens is 544 g/mol. The van der Waals surface area contributed by atoms with Crippen LogP contribution in [0.2, 0.25) is 0 Å². The lowest BCUT2D eigenvalue weighted by Gasteiger charge is -2.36. The molecule has 11 nitrogen and oxygen atoms in total. The lowest BCUT2D eigenvalue weighted by molar-refractivity contribution is -0.151. The number of nitrogens with zero attached hydrogens (tertiary/aromatic N) is 2. The Kier molecular flexibility index (Phi) is 10.4. The Bertz CT molecular complexity index is 1340. The van der Waals surface area contributed by atoms with Crippen LogP contribution >= 0.6 is 0 Å². The predicted molar refractivity (Wildman–Crippen MR) is 156 cm³/mol. The van der Waals surface area contributed by atoms with Crippen LogP contribution in [0.1, 0.15) is 71.7 Å². The van der Waals surface area contributed by atoms with Gasteiger partial charge in [-0.2, -0.15) is 0 Å². The second kappa shape index (κ2) is 13.4. The quantitative estimate of drug-likeness (QED) is 0.164. The summed E-state index contributed by atoms with van der Waals surface area (Å²) < 4.78 is 28.0. The van der Waals surface area contributed by atoms with Gasteiger partial charge < -0.3 is 23.7 Å². The highest BCUT2D eigenvalue weighted by Crippen LogP contribution is 2.43. The van der Waals surface area contributed by atoms with Crippen molar-refractivity contribution in [3.63, 3.8) is 0 Å². The van der Waals surface area contributed by atoms with Gasteiger partial charge in [-0.25, -0.2) is 19.0 Å². The number of ether oxygens (including phenoxy) is 5. The minimum absolute atomic E-state index is 0.0227. The molecule has 1 atom stereocenters. The molecule has 1 aliphatic rings. The second-order valence-electron chi connectivity index (χ2n) is 12.0. The smallest absolute Gasteiger partial charge is 0.496 e. The Hall–Kier alpha value is -3.86. The van der Waals surface area contributed by atoms with Crippen molar-refractivity contribution in [3.05, 3.63) is 41.6 Å². The average Bonchev–Trinajstić information content (AvgIpc) is 3.24. The summed E-state index contributed by atoms with van der Waals surface area (Å²) in [5.74, 6) is -0.933. The first-order valence-corrected chi connectivity index (χ1v) is 14.0. The Morgan fingerprint density at radius 2 is 1.67 bits per heavy atom. The van der Waals surface area contributed by atoms with E-state index in [0.29, 0.717) is 36.5 Å². The minimum atomic E-state index is -0.911. The minimum Gasteiger partial charge on any atom is -0.496 e. The van der Waals surface area contributed by atoms with E-state index in [1.54, 1.807) is 59.3 Å². The lowest BCUT2D eigenvalue weighted by atomic mass is 9.93. The highest BCUT2D eigenvalue weighted by atomic mass is 16.7. The molecule has 0 spiro atoms. The first kappa shape index (κ1) is 32.7. The van der Waals surface area contributed by atoms with Crippen molar-refractivity contribution in [2.24, 2.45) is 0 Å². The number of carbonyl (C=O) groups excluding carboxylic acids is 4. The molecule has 1 aliphatic heterocycles. The summed E-state index contributed by atoms with van der Waals surface area (Å²) in [7, 11) is 2.75. The first-order chi connectivity index (χ1) is 19.7. The third-order valence-corrected chi connectivity index (χ3v) is 6.55. The van der Waals surface area contributed by atoms with Crippen molar-refractivity contribution in [1.29, 1.82) is 0 Å². The maximum absolute atomic E-state index is 13.7. The summed E-state index contributed by atoms with van der Waals surface area (Å²) in [5, 5.41) is 0.811. The van der Waals surface area contributed by atoms with E-state index in [2.05, 4.69) is 9.64 Å². The van der Waals surface area contributed by atoms with E-state index < -0.39 is 41.2 Å². The molecule has 0 fully saturated rings. The fourth-order valence-corrected chi connectivity index (χ4v) is 4.96. The summed E-state index contributed by atoms with van der Waals surface area (Å²) in [4.78, 5) is 52.1. The van der Waals surface area contributed by atoms with Crippen molar-refractivity contribution in [1.82, 2.24) is 9.47 Å². The van der Waals surface area contributed by atoms with Crippen LogP contribution in [0, 0.1) is 0 Å². The number of hydrogen-bond acceptors (Lipinski definition) is 10. The van der Waals surface area contributed by atoms with Gasteiger partial charge in [-0.3, -0.25) is 9.69 Å². The molecular formula is C31H42N2O9. The molecule has 0 bridgehead atoms. The molecule has 0 unspecified atom stereocenters. The molecule has 0 saturated heterocycles. The summed E-state index contributed by atoms with van der Waals surface area (Å²) in [6, 6.07) is 5.07. The van der Waals surface area contributed by atoms with Gasteiger partial charge in [0, 0.05) is 24.9 Å². The number of rotatable bonds is 9. The Morgan fingerprint density at radius 1 is 0.976 bits per heavy atom. The molecule has 2 aromatic rings. The Balaban J connectivity index is 2.00. The number of esters is 1. The molecule has 3 rings (SSSR count). The van der Waals surface area contributed by atoms with Crippen LogP contribution < -0.4 is 4.74 Å². The largest absolute Gasteiger partial charge is 0.509 e.